The number of aromatic nitrogens is 1. The number of carboxylic acids is 1. The normalized spacial score (nSPS) is 20.1. The molecule has 6 nitrogen and oxygen atoms in total. The van der Waals surface area contributed by atoms with Gasteiger partial charge in [-0.3, -0.25) is 0 Å². The van der Waals surface area contributed by atoms with E-state index in [1.807, 2.05) is 50.2 Å². The van der Waals surface area contributed by atoms with Crippen molar-refractivity contribution in [2.24, 2.45) is 5.92 Å². The summed E-state index contributed by atoms with van der Waals surface area (Å²) in [5, 5.41) is 11.7. The molecule has 37 heavy (non-hydrogen) atoms. The van der Waals surface area contributed by atoms with Crippen molar-refractivity contribution in [2.45, 2.75) is 72.0 Å². The second-order valence-electron chi connectivity index (χ2n) is 10.9. The Balaban J connectivity index is 1.47. The number of ether oxygens (including phenoxy) is 2. The summed E-state index contributed by atoms with van der Waals surface area (Å²) in [6.07, 6.45) is 4.25. The maximum atomic E-state index is 12.5. The summed E-state index contributed by atoms with van der Waals surface area (Å²) < 4.78 is 18.6. The minimum Gasteiger partial charge on any atom is -0.493 e. The van der Waals surface area contributed by atoms with Gasteiger partial charge in [0.2, 0.25) is 0 Å². The van der Waals surface area contributed by atoms with E-state index in [9.17, 15) is 9.90 Å². The molecule has 1 saturated carbocycles. The lowest BCUT2D eigenvalue weighted by Crippen LogP contribution is -2.37. The van der Waals surface area contributed by atoms with Crippen molar-refractivity contribution in [3.8, 4) is 17.2 Å². The molecular formula is C31H35NO5. The molecular weight excluding hydrogens is 466 g/mol. The molecule has 0 bridgehead atoms. The predicted molar refractivity (Wildman–Crippen MR) is 145 cm³/mol. The highest BCUT2D eigenvalue weighted by atomic mass is 16.5. The van der Waals surface area contributed by atoms with E-state index in [0.717, 1.165) is 47.8 Å². The van der Waals surface area contributed by atoms with Crippen molar-refractivity contribution < 1.29 is 23.8 Å². The number of rotatable bonds is 7. The fraction of sp³-hybridized carbons (Fsp3) is 0.419. The second-order valence-corrected chi connectivity index (χ2v) is 10.9. The molecule has 6 heteroatoms. The van der Waals surface area contributed by atoms with Gasteiger partial charge in [-0.05, 0) is 90.0 Å². The zero-order valence-corrected chi connectivity index (χ0v) is 22.3. The zero-order valence-electron chi connectivity index (χ0n) is 22.3. The molecule has 0 atom stereocenters. The van der Waals surface area contributed by atoms with Crippen molar-refractivity contribution in [3.63, 3.8) is 0 Å². The lowest BCUT2D eigenvalue weighted by molar-refractivity contribution is -0.0970. The summed E-state index contributed by atoms with van der Waals surface area (Å²) >= 11 is 0. The smallest absolute Gasteiger partial charge is 0.336 e. The Kier molecular flexibility index (Phi) is 6.71. The van der Waals surface area contributed by atoms with Crippen molar-refractivity contribution >= 4 is 27.8 Å². The van der Waals surface area contributed by atoms with Gasteiger partial charge in [0, 0.05) is 10.9 Å². The largest absolute Gasteiger partial charge is 0.493 e. The number of carboxylic acid groups (broad SMARTS) is 1. The molecule has 2 aromatic carbocycles. The Morgan fingerprint density at radius 2 is 1.89 bits per heavy atom. The summed E-state index contributed by atoms with van der Waals surface area (Å²) in [4.78, 5) is 17.3. The van der Waals surface area contributed by atoms with E-state index < -0.39 is 5.97 Å². The number of fused-ring (bicyclic) bond motifs is 2. The Hall–Kier alpha value is -3.38. The summed E-state index contributed by atoms with van der Waals surface area (Å²) in [6.45, 7) is 10.8. The topological polar surface area (TPSA) is 81.8 Å². The van der Waals surface area contributed by atoms with Crippen molar-refractivity contribution in [1.29, 1.82) is 0 Å². The highest BCUT2D eigenvalue weighted by molar-refractivity contribution is 6.07. The predicted octanol–water partition coefficient (Wildman–Crippen LogP) is 7.72. The van der Waals surface area contributed by atoms with Crippen LogP contribution >= 0.6 is 0 Å². The van der Waals surface area contributed by atoms with Crippen molar-refractivity contribution in [3.05, 3.63) is 59.2 Å². The van der Waals surface area contributed by atoms with Gasteiger partial charge >= 0.3 is 5.97 Å². The quantitative estimate of drug-likeness (QED) is 0.279. The summed E-state index contributed by atoms with van der Waals surface area (Å²) in [7, 11) is 0. The van der Waals surface area contributed by atoms with E-state index in [1.54, 1.807) is 6.07 Å². The first-order valence-corrected chi connectivity index (χ1v) is 13.1. The monoisotopic (exact) mass is 501 g/mol. The maximum absolute atomic E-state index is 12.5. The van der Waals surface area contributed by atoms with E-state index in [4.69, 9.17) is 18.9 Å². The Morgan fingerprint density at radius 1 is 1.16 bits per heavy atom. The lowest BCUT2D eigenvalue weighted by atomic mass is 9.80. The molecule has 0 saturated heterocycles. The third-order valence-electron chi connectivity index (χ3n) is 7.59. The van der Waals surface area contributed by atoms with Gasteiger partial charge in [0.15, 0.2) is 5.76 Å². The first kappa shape index (κ1) is 25.3. The molecule has 0 aliphatic heterocycles. The molecule has 2 heterocycles. The van der Waals surface area contributed by atoms with Gasteiger partial charge in [-0.15, -0.1) is 0 Å². The third kappa shape index (κ3) is 4.95. The highest BCUT2D eigenvalue weighted by Gasteiger charge is 2.33. The molecule has 0 radical (unpaired) electrons. The van der Waals surface area contributed by atoms with E-state index in [2.05, 4.69) is 20.8 Å². The third-order valence-corrected chi connectivity index (χ3v) is 7.59. The van der Waals surface area contributed by atoms with Crippen molar-refractivity contribution in [1.82, 2.24) is 4.98 Å². The molecule has 1 fully saturated rings. The summed E-state index contributed by atoms with van der Waals surface area (Å²) in [5.41, 5.74) is 3.80. The molecule has 0 spiro atoms. The zero-order chi connectivity index (χ0) is 26.3. The Morgan fingerprint density at radius 3 is 2.57 bits per heavy atom. The average molecular weight is 502 g/mol. The van der Waals surface area contributed by atoms with Crippen LogP contribution in [0.2, 0.25) is 0 Å². The molecule has 4 aromatic rings. The Labute approximate surface area is 217 Å². The van der Waals surface area contributed by atoms with E-state index in [0.29, 0.717) is 40.6 Å². The number of aryl methyl sites for hydroxylation is 2. The van der Waals surface area contributed by atoms with E-state index in [1.165, 1.54) is 0 Å². The van der Waals surface area contributed by atoms with Crippen LogP contribution in [0.5, 0.6) is 5.75 Å². The van der Waals surface area contributed by atoms with Gasteiger partial charge in [0.1, 0.15) is 17.0 Å². The number of para-hydroxylation sites is 1. The minimum atomic E-state index is -1.02. The summed E-state index contributed by atoms with van der Waals surface area (Å²) in [6, 6.07) is 13.2. The molecule has 1 aliphatic carbocycles. The number of aromatic carboxylic acids is 1. The van der Waals surface area contributed by atoms with E-state index in [-0.39, 0.29) is 17.3 Å². The highest BCUT2D eigenvalue weighted by Crippen LogP contribution is 2.39. The fourth-order valence-electron chi connectivity index (χ4n) is 5.62. The number of hydrogen-bond donors (Lipinski definition) is 1. The van der Waals surface area contributed by atoms with Gasteiger partial charge in [0.05, 0.1) is 34.8 Å². The second kappa shape index (κ2) is 9.82. The Bertz CT molecular complexity index is 1460. The van der Waals surface area contributed by atoms with Crippen LogP contribution in [0.3, 0.4) is 0 Å². The average Bonchev–Trinajstić information content (AvgIpc) is 3.20. The van der Waals surface area contributed by atoms with Crippen LogP contribution in [0.25, 0.3) is 33.3 Å². The molecule has 2 aromatic heterocycles. The van der Waals surface area contributed by atoms with Gasteiger partial charge < -0.3 is 19.0 Å². The van der Waals surface area contributed by atoms with Gasteiger partial charge in [-0.25, -0.2) is 9.78 Å². The first-order valence-electron chi connectivity index (χ1n) is 13.1. The summed E-state index contributed by atoms with van der Waals surface area (Å²) in [5.74, 6) is 0.534. The molecule has 0 unspecified atom stereocenters. The van der Waals surface area contributed by atoms with Crippen molar-refractivity contribution in [2.75, 3.05) is 6.61 Å². The number of carbonyl (C=O) groups is 1. The number of pyridine rings is 1. The standard InChI is InChI=1S/C31H35NO5/c1-18(2)37-31(5)14-12-21(13-15-31)17-35-26-11-10-19(3)28-27(26)23(30(33)34)16-24(32-28)29-20(4)22-8-6-7-9-25(22)36-29/h6-11,16,18,21H,12-15,17H2,1-5H3,(H,33,34)/t21-,31-. The van der Waals surface area contributed by atoms with Crippen LogP contribution < -0.4 is 4.74 Å². The fourth-order valence-corrected chi connectivity index (χ4v) is 5.62. The van der Waals surface area contributed by atoms with Crippen LogP contribution in [0.1, 0.15) is 67.9 Å². The molecule has 5 rings (SSSR count). The maximum Gasteiger partial charge on any atom is 0.336 e. The molecule has 194 valence electrons. The molecule has 0 amide bonds. The molecule has 1 N–H and O–H groups in total. The van der Waals surface area contributed by atoms with Crippen LogP contribution in [0.4, 0.5) is 0 Å². The number of benzene rings is 2. The van der Waals surface area contributed by atoms with Gasteiger partial charge in [-0.1, -0.05) is 24.3 Å². The van der Waals surface area contributed by atoms with Gasteiger partial charge in [-0.2, -0.15) is 0 Å². The number of hydrogen-bond acceptors (Lipinski definition) is 5. The van der Waals surface area contributed by atoms with Crippen LogP contribution in [0, 0.1) is 19.8 Å². The van der Waals surface area contributed by atoms with E-state index >= 15 is 0 Å². The number of nitrogens with zero attached hydrogens (tertiary/aromatic N) is 1. The minimum absolute atomic E-state index is 0.0766. The van der Waals surface area contributed by atoms with Crippen LogP contribution in [0.15, 0.2) is 46.9 Å². The lowest BCUT2D eigenvalue weighted by Gasteiger charge is -2.38. The molecule has 1 aliphatic rings. The number of furan rings is 1. The first-order chi connectivity index (χ1) is 17.6. The van der Waals surface area contributed by atoms with Crippen LogP contribution in [-0.2, 0) is 4.74 Å². The van der Waals surface area contributed by atoms with Crippen LogP contribution in [-0.4, -0.2) is 34.4 Å². The van der Waals surface area contributed by atoms with Gasteiger partial charge in [0.25, 0.3) is 0 Å². The SMILES string of the molecule is Cc1c(-c2cc(C(=O)O)c3c(OC[C@H]4CC[C@](C)(OC(C)C)CC4)ccc(C)c3n2)oc2ccccc12.